The average Bonchev–Trinajstić information content (AvgIpc) is 3.60. The quantitative estimate of drug-likeness (QED) is 0.151. The van der Waals surface area contributed by atoms with Crippen molar-refractivity contribution in [2.75, 3.05) is 28.2 Å². The third-order valence-electron chi connectivity index (χ3n) is 8.43. The van der Waals surface area contributed by atoms with Gasteiger partial charge in [0.25, 0.3) is 0 Å². The van der Waals surface area contributed by atoms with Crippen molar-refractivity contribution in [2.45, 2.75) is 70.3 Å². The van der Waals surface area contributed by atoms with Crippen LogP contribution in [0.2, 0.25) is 0 Å². The van der Waals surface area contributed by atoms with Crippen LogP contribution in [0.1, 0.15) is 0 Å². The first kappa shape index (κ1) is 48.2. The molecule has 2 saturated heterocycles. The summed E-state index contributed by atoms with van der Waals surface area (Å²) < 4.78 is 391. The summed E-state index contributed by atoms with van der Waals surface area (Å²) in [6, 6.07) is 0. The minimum atomic E-state index is -10.6. The Bertz CT molecular complexity index is 1170. The normalized spacial score (nSPS) is 25.3. The van der Waals surface area contributed by atoms with E-state index in [4.69, 9.17) is 0 Å². The van der Waals surface area contributed by atoms with Crippen LogP contribution in [-0.4, -0.2) is 123 Å². The van der Waals surface area contributed by atoms with E-state index in [1.54, 1.807) is 0 Å². The molecule has 2 heterocycles. The van der Waals surface area contributed by atoms with E-state index >= 15 is 0 Å². The summed E-state index contributed by atoms with van der Waals surface area (Å²) in [6.07, 6.45) is -45.9. The Morgan fingerprint density at radius 2 is 0.327 bits per heavy atom. The molecule has 2 aliphatic heterocycles. The van der Waals surface area contributed by atoms with Gasteiger partial charge in [0, 0.05) is 0 Å². The molecule has 0 spiro atoms. The minimum absolute atomic E-state index is 0.591. The molecule has 0 atom stereocenters. The molecule has 0 saturated carbocycles. The van der Waals surface area contributed by atoms with Crippen molar-refractivity contribution in [3.63, 3.8) is 0 Å². The second-order valence-electron chi connectivity index (χ2n) is 11.5. The monoisotopic (exact) mass is 890 g/mol. The molecule has 0 radical (unpaired) electrons. The van der Waals surface area contributed by atoms with Crippen molar-refractivity contribution in [1.82, 2.24) is 0 Å². The van der Waals surface area contributed by atoms with Crippen molar-refractivity contribution in [2.24, 2.45) is 0 Å². The molecule has 2 aliphatic rings. The van der Waals surface area contributed by atoms with E-state index in [0.717, 1.165) is 0 Å². The predicted molar refractivity (Wildman–Crippen MR) is 104 cm³/mol. The fourth-order valence-corrected chi connectivity index (χ4v) is 18.8. The van der Waals surface area contributed by atoms with Gasteiger partial charge in [-0.15, -0.1) is 0 Å². The number of alkyl halides is 30. The van der Waals surface area contributed by atoms with E-state index in [-0.39, 0.29) is 0 Å². The Morgan fingerprint density at radius 1 is 0.250 bits per heavy atom. The maximum atomic E-state index is 13.8. The molecule has 316 valence electrons. The third kappa shape index (κ3) is 4.28. The molecule has 0 aromatic carbocycles. The molecule has 36 heteroatoms. The fourth-order valence-electron chi connectivity index (χ4n) is 5.98. The van der Waals surface area contributed by atoms with Crippen LogP contribution in [0.5, 0.6) is 0 Å². The molecule has 0 aromatic heterocycles. The fraction of sp³-hybridized carbons (Fsp3) is 1.00. The summed E-state index contributed by atoms with van der Waals surface area (Å²) in [4.78, 5) is 0. The molecule has 52 heavy (non-hydrogen) atoms. The second-order valence-corrected chi connectivity index (χ2v) is 22.3. The zero-order chi connectivity index (χ0) is 43.3. The van der Waals surface area contributed by atoms with Gasteiger partial charge in [-0.05, 0) is 0 Å². The summed E-state index contributed by atoms with van der Waals surface area (Å²) in [6.45, 7) is 0. The summed E-state index contributed by atoms with van der Waals surface area (Å²) in [7, 11) is -23.6. The van der Waals surface area contributed by atoms with Gasteiger partial charge >= 0.3 is 263 Å². The molecule has 0 N–H and O–H groups in total. The van der Waals surface area contributed by atoms with E-state index in [2.05, 4.69) is 9.05 Å². The molecule has 0 unspecified atom stereocenters. The van der Waals surface area contributed by atoms with Crippen LogP contribution >= 0.6 is 0 Å². The number of rotatable bonds is 6. The van der Waals surface area contributed by atoms with Gasteiger partial charge in [0.1, 0.15) is 0 Å². The molecule has 0 bridgehead atoms. The van der Waals surface area contributed by atoms with Crippen LogP contribution in [0.4, 0.5) is 132 Å². The van der Waals surface area contributed by atoms with Crippen LogP contribution in [0.25, 0.3) is 0 Å². The number of hydrogen-bond donors (Lipinski definition) is 0. The van der Waals surface area contributed by atoms with Crippen molar-refractivity contribution in [3.8, 4) is 0 Å². The summed E-state index contributed by atoms with van der Waals surface area (Å²) in [5.41, 5.74) is -47.3. The first-order valence-corrected chi connectivity index (χ1v) is 16.4. The van der Waals surface area contributed by atoms with Gasteiger partial charge in [-0.25, -0.2) is 0 Å². The first-order chi connectivity index (χ1) is 21.6. The van der Waals surface area contributed by atoms with Crippen molar-refractivity contribution >= 4 is 15.5 Å². The van der Waals surface area contributed by atoms with E-state index in [1.165, 1.54) is 0 Å². The SMILES string of the molecule is C[N+]1(C)O[Si-]1(C(F)(F)C(F)(F)F)(C(F)(F)C(F)(F)F)C(F)(F)C(F)(F)F.C[N+]1(C)O[Si-]1(C(F)(F)C(F)(F)F)(C(F)(F)C(F)(F)F)C(F)(F)C(F)(F)F. The molecular formula is C16H12F30N2O2Si2. The van der Waals surface area contributed by atoms with Gasteiger partial charge in [-0.3, -0.25) is 0 Å². The van der Waals surface area contributed by atoms with Gasteiger partial charge in [-0.2, -0.15) is 0 Å². The van der Waals surface area contributed by atoms with Crippen LogP contribution in [0.15, 0.2) is 0 Å². The summed E-state index contributed by atoms with van der Waals surface area (Å²) in [5.74, 6) is 0. The Balaban J connectivity index is 0.000000520. The van der Waals surface area contributed by atoms with Gasteiger partial charge in [-0.1, -0.05) is 0 Å². The van der Waals surface area contributed by atoms with Crippen LogP contribution in [-0.2, 0) is 9.05 Å². The van der Waals surface area contributed by atoms with E-state index in [0.29, 0.717) is 0 Å². The molecule has 0 amide bonds. The van der Waals surface area contributed by atoms with Gasteiger partial charge in [0.2, 0.25) is 0 Å². The molecule has 2 fully saturated rings. The molecule has 4 nitrogen and oxygen atoms in total. The van der Waals surface area contributed by atoms with Crippen LogP contribution in [0, 0.1) is 0 Å². The van der Waals surface area contributed by atoms with Crippen molar-refractivity contribution in [1.29, 1.82) is 0 Å². The number of hydrogen-bond acceptors (Lipinski definition) is 2. The molecule has 0 aliphatic carbocycles. The Hall–Kier alpha value is -1.83. The summed E-state index contributed by atoms with van der Waals surface area (Å²) in [5, 5.41) is 0. The third-order valence-corrected chi connectivity index (χ3v) is 22.7. The first-order valence-electron chi connectivity index (χ1n) is 11.7. The van der Waals surface area contributed by atoms with E-state index in [1.807, 2.05) is 0 Å². The van der Waals surface area contributed by atoms with Gasteiger partial charge in [0.15, 0.2) is 0 Å². The van der Waals surface area contributed by atoms with E-state index < -0.39 is 123 Å². The topological polar surface area (TPSA) is 25.1 Å². The van der Waals surface area contributed by atoms with E-state index in [9.17, 15) is 132 Å². The average molecular weight is 890 g/mol. The second kappa shape index (κ2) is 10.5. The number of quaternary nitrogens is 2. The van der Waals surface area contributed by atoms with Crippen LogP contribution < -0.4 is 0 Å². The zero-order valence-electron chi connectivity index (χ0n) is 24.0. The maximum absolute atomic E-state index is 13.8. The Labute approximate surface area is 264 Å². The standard InChI is InChI=1S/2C8H6F15NOSi/c2*1-24(2)25-26(24,6(18,19)3(9,10)11,7(20,21)4(12,13)14)8(22,23)5(15,16)17/h2*1-2H3. The van der Waals surface area contributed by atoms with Gasteiger partial charge in [0.05, 0.1) is 0 Å². The van der Waals surface area contributed by atoms with Crippen molar-refractivity contribution in [3.05, 3.63) is 0 Å². The molecule has 2 rings (SSSR count). The Morgan fingerprint density at radius 3 is 0.365 bits per heavy atom. The number of nitrogens with zero attached hydrogens (tertiary/aromatic N) is 2. The molecule has 0 aromatic rings. The predicted octanol–water partition coefficient (Wildman–Crippen LogP) is 9.23. The van der Waals surface area contributed by atoms with Gasteiger partial charge < -0.3 is 0 Å². The number of hydroxylamine groups is 4. The Kier molecular flexibility index (Phi) is 9.75. The van der Waals surface area contributed by atoms with Crippen LogP contribution in [0.3, 0.4) is 0 Å². The van der Waals surface area contributed by atoms with Crippen molar-refractivity contribution < 1.29 is 149 Å². The molecular weight excluding hydrogens is 878 g/mol. The zero-order valence-corrected chi connectivity index (χ0v) is 26.0. The number of halogens is 30. The summed E-state index contributed by atoms with van der Waals surface area (Å²) >= 11 is 0.